The van der Waals surface area contributed by atoms with Crippen molar-refractivity contribution in [2.75, 3.05) is 0 Å². The molecule has 0 saturated heterocycles. The van der Waals surface area contributed by atoms with Crippen LogP contribution >= 0.6 is 0 Å². The van der Waals surface area contributed by atoms with Gasteiger partial charge in [0.25, 0.3) is 0 Å². The van der Waals surface area contributed by atoms with Crippen molar-refractivity contribution in [1.29, 1.82) is 0 Å². The first-order chi connectivity index (χ1) is 21.3. The molecule has 0 spiro atoms. The molecule has 0 bridgehead atoms. The maximum Gasteiger partial charge on any atom is -1.00 e. The van der Waals surface area contributed by atoms with Crippen molar-refractivity contribution in [1.82, 2.24) is 0 Å². The Bertz CT molecular complexity index is 1660. The fourth-order valence-corrected chi connectivity index (χ4v) is 25.3. The van der Waals surface area contributed by atoms with Gasteiger partial charge in [0, 0.05) is 0 Å². The molecule has 0 nitrogen and oxygen atoms in total. The molecule has 3 aromatic rings. The third kappa shape index (κ3) is 7.22. The number of aryl methyl sites for hydroxylation is 3. The Balaban J connectivity index is 0.00000417. The van der Waals surface area contributed by atoms with Crippen LogP contribution in [0.3, 0.4) is 0 Å². The van der Waals surface area contributed by atoms with Crippen LogP contribution in [0.5, 0.6) is 0 Å². The van der Waals surface area contributed by atoms with E-state index in [-0.39, 0.29) is 40.6 Å². The average Bonchev–Trinajstić information content (AvgIpc) is 3.06. The third-order valence-electron chi connectivity index (χ3n) is 11.9. The molecular formula is C42H63Cl3Si4Ti. The van der Waals surface area contributed by atoms with E-state index in [9.17, 15) is 0 Å². The van der Waals surface area contributed by atoms with E-state index in [1.165, 1.54) is 27.8 Å². The normalized spacial score (nSPS) is 15.1. The zero-order valence-electron chi connectivity index (χ0n) is 34.6. The van der Waals surface area contributed by atoms with Crippen LogP contribution in [-0.2, 0) is 20.4 Å². The van der Waals surface area contributed by atoms with E-state index in [0.717, 1.165) is 0 Å². The second kappa shape index (κ2) is 15.8. The summed E-state index contributed by atoms with van der Waals surface area (Å²) in [5.41, 5.74) is 15.4. The van der Waals surface area contributed by atoms with Crippen molar-refractivity contribution < 1.29 is 57.7 Å². The fraction of sp³-hybridized carbons (Fsp3) is 0.476. The minimum Gasteiger partial charge on any atom is -1.00 e. The summed E-state index contributed by atoms with van der Waals surface area (Å²) in [6.45, 7) is 47.7. The van der Waals surface area contributed by atoms with Crippen molar-refractivity contribution in [3.8, 4) is 0 Å². The van der Waals surface area contributed by atoms with Gasteiger partial charge in [-0.2, -0.15) is 0 Å². The molecule has 0 aromatic heterocycles. The van der Waals surface area contributed by atoms with Gasteiger partial charge in [-0.25, -0.2) is 0 Å². The molecule has 0 amide bonds. The fourth-order valence-electron chi connectivity index (χ4n) is 9.62. The first-order valence-electron chi connectivity index (χ1n) is 17.7. The molecule has 50 heavy (non-hydrogen) atoms. The summed E-state index contributed by atoms with van der Waals surface area (Å²) in [4.78, 5) is 0. The largest absolute Gasteiger partial charge is 1.00 e. The molecule has 0 unspecified atom stereocenters. The van der Waals surface area contributed by atoms with Crippen LogP contribution in [0.25, 0.3) is 0 Å². The Labute approximate surface area is 341 Å². The van der Waals surface area contributed by atoms with Gasteiger partial charge in [-0.3, -0.25) is 0 Å². The first kappa shape index (κ1) is 47.6. The van der Waals surface area contributed by atoms with Crippen LogP contribution in [0.4, 0.5) is 0 Å². The molecule has 0 fully saturated rings. The summed E-state index contributed by atoms with van der Waals surface area (Å²) in [5.74, 6) is 0. The van der Waals surface area contributed by atoms with Gasteiger partial charge in [0.1, 0.15) is 0 Å². The quantitative estimate of drug-likeness (QED) is 0.225. The molecule has 0 atom stereocenters. The molecule has 0 heterocycles. The van der Waals surface area contributed by atoms with E-state index >= 15 is 0 Å². The van der Waals surface area contributed by atoms with Gasteiger partial charge < -0.3 is 37.2 Å². The molecule has 272 valence electrons. The summed E-state index contributed by atoms with van der Waals surface area (Å²) in [5, 5.41) is 9.96. The number of halogens is 3. The molecule has 0 aliphatic heterocycles. The van der Waals surface area contributed by atoms with Gasteiger partial charge in [-0.05, 0) is 0 Å². The Morgan fingerprint density at radius 3 is 0.820 bits per heavy atom. The topological polar surface area (TPSA) is 0 Å². The number of hydrogen-bond acceptors (Lipinski definition) is 0. The maximum absolute atomic E-state index is 2.97. The Hall–Kier alpha value is -0.408. The summed E-state index contributed by atoms with van der Waals surface area (Å²) >= 11 is 2.70. The van der Waals surface area contributed by atoms with Gasteiger partial charge in [0.05, 0.1) is 0 Å². The standard InChI is InChI=1S/C42H63Si4.3ClH.Ti/c1-26-20-23-36(43(11,12)13)33(8)39(26)46(42-31(6)29(4)30(5)32(42)7,40-27(2)21-24-37(34(40)9)44(14,15)16)41-28(3)22-25-38(35(41)10)45(17,18)19;;;;/h20-25H,1-19H3;3*1H;/q;;;;+3/p-3. The van der Waals surface area contributed by atoms with Gasteiger partial charge >= 0.3 is 307 Å². The van der Waals surface area contributed by atoms with Crippen LogP contribution in [0, 0.1) is 41.5 Å². The summed E-state index contributed by atoms with van der Waals surface area (Å²) in [6.07, 6.45) is 0. The van der Waals surface area contributed by atoms with Gasteiger partial charge in [0.15, 0.2) is 0 Å². The Morgan fingerprint density at radius 1 is 0.400 bits per heavy atom. The molecule has 8 heteroatoms. The minimum absolute atomic E-state index is 0. The molecule has 1 aliphatic carbocycles. The Kier molecular flexibility index (Phi) is 15.0. The van der Waals surface area contributed by atoms with E-state index in [0.29, 0.717) is 0 Å². The summed E-state index contributed by atoms with van der Waals surface area (Å²) in [7, 11) is -7.96. The van der Waals surface area contributed by atoms with Gasteiger partial charge in [-0.1, -0.05) is 0 Å². The monoisotopic (exact) mass is 832 g/mol. The number of allylic oxidation sites excluding steroid dienone is 4. The SMILES string of the molecule is CC1=C(C)[C]([Ti+3])([Si](c2c(C)ccc([Si](C)(C)C)c2C)(c2c(C)ccc([Si](C)(C)C)c2C)c2c(C)ccc([Si](C)(C)C)c2C)C(C)=C1C.[Cl-].[Cl-].[Cl-]. The van der Waals surface area contributed by atoms with Crippen LogP contribution in [0.15, 0.2) is 58.7 Å². The number of rotatable bonds is 7. The molecule has 4 rings (SSSR count). The van der Waals surface area contributed by atoms with Crippen LogP contribution in [0.1, 0.15) is 61.1 Å². The van der Waals surface area contributed by atoms with Crippen molar-refractivity contribution in [3.63, 3.8) is 0 Å². The molecule has 0 saturated carbocycles. The number of hydrogen-bond donors (Lipinski definition) is 0. The van der Waals surface area contributed by atoms with Crippen molar-refractivity contribution in [3.05, 3.63) is 92.1 Å². The van der Waals surface area contributed by atoms with Crippen molar-refractivity contribution in [2.24, 2.45) is 0 Å². The molecule has 0 radical (unpaired) electrons. The zero-order valence-corrected chi connectivity index (χ0v) is 42.4. The first-order valence-corrected chi connectivity index (χ1v) is 31.0. The second-order valence-electron chi connectivity index (χ2n) is 18.0. The van der Waals surface area contributed by atoms with E-state index in [4.69, 9.17) is 0 Å². The Morgan fingerprint density at radius 2 is 0.620 bits per heavy atom. The smallest absolute Gasteiger partial charge is 1.00 e. The van der Waals surface area contributed by atoms with E-state index in [2.05, 4.69) is 185 Å². The van der Waals surface area contributed by atoms with Crippen LogP contribution in [-0.4, -0.2) is 32.3 Å². The summed E-state index contributed by atoms with van der Waals surface area (Å²) in [6, 6.07) is 15.1. The van der Waals surface area contributed by atoms with Gasteiger partial charge in [0.2, 0.25) is 0 Å². The van der Waals surface area contributed by atoms with Crippen molar-refractivity contribution in [2.45, 2.75) is 132 Å². The third-order valence-corrected chi connectivity index (χ3v) is 27.8. The zero-order chi connectivity index (χ0) is 36.0. The molecule has 1 aliphatic rings. The maximum atomic E-state index is 2.70. The van der Waals surface area contributed by atoms with Crippen LogP contribution in [0.2, 0.25) is 62.3 Å². The van der Waals surface area contributed by atoms with Gasteiger partial charge in [-0.15, -0.1) is 0 Å². The second-order valence-corrected chi connectivity index (χ2v) is 38.9. The molecule has 0 N–H and O–H groups in total. The molecule has 3 aromatic carbocycles. The van der Waals surface area contributed by atoms with Crippen LogP contribution < -0.4 is 68.3 Å². The van der Waals surface area contributed by atoms with E-state index in [1.807, 2.05) is 0 Å². The average molecular weight is 835 g/mol. The summed E-state index contributed by atoms with van der Waals surface area (Å²) < 4.78 is -0.129. The predicted molar refractivity (Wildman–Crippen MR) is 221 cm³/mol. The number of benzene rings is 3. The van der Waals surface area contributed by atoms with E-state index in [1.54, 1.807) is 59.0 Å². The molecular weight excluding hydrogens is 771 g/mol. The van der Waals surface area contributed by atoms with E-state index < -0.39 is 32.3 Å². The van der Waals surface area contributed by atoms with Crippen molar-refractivity contribution >= 4 is 63.4 Å². The minimum atomic E-state index is -2.97. The predicted octanol–water partition coefficient (Wildman–Crippen LogP) is -0.414.